The molecule has 2 aromatic rings. The number of oxime groups is 1. The number of hydrogen-bond acceptors (Lipinski definition) is 14. The molecule has 222 valence electrons. The Morgan fingerprint density at radius 3 is 2.88 bits per heavy atom. The Balaban J connectivity index is 1.48. The first kappa shape index (κ1) is 31.1. The second-order valence-electron chi connectivity index (χ2n) is 9.00. The van der Waals surface area contributed by atoms with Crippen LogP contribution in [0.15, 0.2) is 53.1 Å². The summed E-state index contributed by atoms with van der Waals surface area (Å²) in [6, 6.07) is 2.78. The summed E-state index contributed by atoms with van der Waals surface area (Å²) in [6.07, 6.45) is 5.47. The number of nitrogens with one attached hydrogen (secondary N) is 1. The number of nitrogens with zero attached hydrogens (tertiary/aromatic N) is 4. The van der Waals surface area contributed by atoms with E-state index in [2.05, 4.69) is 27.0 Å². The number of esters is 2. The van der Waals surface area contributed by atoms with Crippen LogP contribution in [0.2, 0.25) is 0 Å². The molecule has 42 heavy (non-hydrogen) atoms. The van der Waals surface area contributed by atoms with Gasteiger partial charge in [-0.25, -0.2) is 4.98 Å². The minimum Gasteiger partial charge on any atom is -0.426 e. The lowest BCUT2D eigenvalue weighted by Crippen LogP contribution is -2.75. The number of fused-ring (bicyclic) bond motifs is 1. The molecule has 0 bridgehead atoms. The Kier molecular flexibility index (Phi) is 10.2. The van der Waals surface area contributed by atoms with E-state index in [4.69, 9.17) is 20.0 Å². The van der Waals surface area contributed by atoms with Gasteiger partial charge in [0.2, 0.25) is 12.2 Å². The number of pyridine rings is 1. The van der Waals surface area contributed by atoms with Crippen LogP contribution in [0.25, 0.3) is 6.08 Å². The van der Waals surface area contributed by atoms with E-state index >= 15 is 0 Å². The van der Waals surface area contributed by atoms with Gasteiger partial charge >= 0.3 is 11.9 Å². The van der Waals surface area contributed by atoms with E-state index in [-0.39, 0.29) is 41.3 Å². The largest absolute Gasteiger partial charge is 0.426 e. The topological polar surface area (TPSA) is 175 Å². The maximum Gasteiger partial charge on any atom is 0.328 e. The highest BCUT2D eigenvalue weighted by Crippen LogP contribution is 2.45. The van der Waals surface area contributed by atoms with Gasteiger partial charge in [0, 0.05) is 43.9 Å². The molecule has 2 aliphatic heterocycles. The lowest BCUT2D eigenvalue weighted by Gasteiger charge is -2.53. The molecule has 0 aliphatic carbocycles. The fraction of sp³-hybridized carbons (Fsp3) is 0.346. The highest BCUT2D eigenvalue weighted by molar-refractivity contribution is 8.06. The molecule has 0 spiro atoms. The van der Waals surface area contributed by atoms with E-state index < -0.39 is 40.3 Å². The zero-order valence-corrected chi connectivity index (χ0v) is 25.1. The normalized spacial score (nSPS) is 22.5. The minimum atomic E-state index is -1.21. The maximum absolute atomic E-state index is 13.4. The van der Waals surface area contributed by atoms with Crippen molar-refractivity contribution >= 4 is 75.5 Å². The number of amides is 2. The SMILES string of the molecule is C=CCON=C(C(=O)NC1C(=O)N2CC(SC=Cc3cccnc3)(C(=O)OC(C)OC(C)=O)CS[C@H]12)c1csc(N)n1. The van der Waals surface area contributed by atoms with Gasteiger partial charge in [-0.1, -0.05) is 23.9 Å². The molecule has 4 rings (SSSR count). The van der Waals surface area contributed by atoms with Gasteiger partial charge in [-0.3, -0.25) is 24.2 Å². The fourth-order valence-electron chi connectivity index (χ4n) is 3.99. The Bertz CT molecular complexity index is 1400. The average Bonchev–Trinajstić information content (AvgIpc) is 3.39. The molecule has 0 aromatic carbocycles. The summed E-state index contributed by atoms with van der Waals surface area (Å²) in [7, 11) is 0. The van der Waals surface area contributed by atoms with E-state index in [9.17, 15) is 19.2 Å². The van der Waals surface area contributed by atoms with Crippen LogP contribution in [0.4, 0.5) is 5.13 Å². The van der Waals surface area contributed by atoms with Gasteiger partial charge in [-0.05, 0) is 23.1 Å². The molecule has 13 nitrogen and oxygen atoms in total. The molecule has 0 radical (unpaired) electrons. The Labute approximate surface area is 253 Å². The zero-order valence-electron chi connectivity index (χ0n) is 22.6. The summed E-state index contributed by atoms with van der Waals surface area (Å²) in [5.41, 5.74) is 6.61. The van der Waals surface area contributed by atoms with Crippen LogP contribution >= 0.6 is 34.9 Å². The quantitative estimate of drug-likeness (QED) is 0.0663. The first-order chi connectivity index (χ1) is 20.1. The predicted molar refractivity (Wildman–Crippen MR) is 160 cm³/mol. The maximum atomic E-state index is 13.4. The van der Waals surface area contributed by atoms with Crippen molar-refractivity contribution in [3.8, 4) is 0 Å². The van der Waals surface area contributed by atoms with Crippen molar-refractivity contribution in [2.24, 2.45) is 5.16 Å². The molecule has 0 saturated carbocycles. The Morgan fingerprint density at radius 1 is 1.40 bits per heavy atom. The number of thiazole rings is 1. The molecule has 2 amide bonds. The van der Waals surface area contributed by atoms with Crippen molar-refractivity contribution in [3.05, 3.63) is 59.2 Å². The monoisotopic (exact) mass is 632 g/mol. The van der Waals surface area contributed by atoms with Crippen molar-refractivity contribution in [2.45, 2.75) is 36.3 Å². The second-order valence-corrected chi connectivity index (χ2v) is 12.3. The number of rotatable bonds is 12. The molecule has 2 aromatic heterocycles. The summed E-state index contributed by atoms with van der Waals surface area (Å²) in [6.45, 7) is 6.27. The molecular weight excluding hydrogens is 605 g/mol. The second kappa shape index (κ2) is 13.8. The smallest absolute Gasteiger partial charge is 0.328 e. The number of carbonyl (C=O) groups is 4. The Hall–Kier alpha value is -3.89. The van der Waals surface area contributed by atoms with Crippen molar-refractivity contribution < 1.29 is 33.5 Å². The Morgan fingerprint density at radius 2 is 2.21 bits per heavy atom. The third-order valence-corrected chi connectivity index (χ3v) is 9.43. The highest BCUT2D eigenvalue weighted by atomic mass is 32.2. The molecular formula is C26H28N6O7S3. The third kappa shape index (κ3) is 7.30. The molecule has 3 N–H and O–H groups in total. The van der Waals surface area contributed by atoms with Crippen LogP contribution in [-0.2, 0) is 33.5 Å². The van der Waals surface area contributed by atoms with Gasteiger partial charge in [0.15, 0.2) is 10.8 Å². The van der Waals surface area contributed by atoms with E-state index in [0.717, 1.165) is 16.9 Å². The summed E-state index contributed by atoms with van der Waals surface area (Å²) < 4.78 is 9.22. The van der Waals surface area contributed by atoms with Crippen LogP contribution in [0, 0.1) is 0 Å². The van der Waals surface area contributed by atoms with E-state index in [1.54, 1.807) is 35.3 Å². The van der Waals surface area contributed by atoms with Gasteiger partial charge in [0.25, 0.3) is 5.91 Å². The number of anilines is 1. The summed E-state index contributed by atoms with van der Waals surface area (Å²) >= 11 is 3.64. The number of nitrogen functional groups attached to an aromatic ring is 1. The van der Waals surface area contributed by atoms with Crippen LogP contribution in [-0.4, -0.2) is 85.7 Å². The number of hydrogen-bond donors (Lipinski definition) is 2. The number of aromatic nitrogens is 2. The van der Waals surface area contributed by atoms with Crippen LogP contribution in [0.5, 0.6) is 0 Å². The minimum absolute atomic E-state index is 0.00948. The number of β-lactam (4-membered cyclic amide) rings is 1. The van der Waals surface area contributed by atoms with Crippen LogP contribution < -0.4 is 11.1 Å². The predicted octanol–water partition coefficient (Wildman–Crippen LogP) is 2.02. The molecule has 16 heteroatoms. The van der Waals surface area contributed by atoms with E-state index in [1.165, 1.54) is 48.3 Å². The molecule has 2 saturated heterocycles. The van der Waals surface area contributed by atoms with Crippen molar-refractivity contribution in [3.63, 3.8) is 0 Å². The first-order valence-corrected chi connectivity index (χ1v) is 15.3. The highest BCUT2D eigenvalue weighted by Gasteiger charge is 2.58. The number of thioether (sulfide) groups is 2. The molecule has 3 unspecified atom stereocenters. The average molecular weight is 633 g/mol. The third-order valence-electron chi connectivity index (χ3n) is 5.88. The fourth-order valence-corrected chi connectivity index (χ4v) is 7.25. The van der Waals surface area contributed by atoms with Gasteiger partial charge in [-0.15, -0.1) is 34.9 Å². The van der Waals surface area contributed by atoms with Gasteiger partial charge in [0.05, 0.1) is 0 Å². The number of nitrogens with two attached hydrogens (primary N) is 1. The van der Waals surface area contributed by atoms with Gasteiger partial charge < -0.3 is 30.3 Å². The van der Waals surface area contributed by atoms with Crippen LogP contribution in [0.1, 0.15) is 25.1 Å². The lowest BCUT2D eigenvalue weighted by molar-refractivity contribution is -0.185. The van der Waals surface area contributed by atoms with Crippen LogP contribution in [0.3, 0.4) is 0 Å². The van der Waals surface area contributed by atoms with Crippen molar-refractivity contribution in [1.29, 1.82) is 0 Å². The summed E-state index contributed by atoms with van der Waals surface area (Å²) in [5, 5.41) is 9.68. The van der Waals surface area contributed by atoms with Crippen molar-refractivity contribution in [2.75, 3.05) is 24.6 Å². The zero-order chi connectivity index (χ0) is 30.3. The van der Waals surface area contributed by atoms with Gasteiger partial charge in [-0.2, -0.15) is 0 Å². The molecule has 2 fully saturated rings. The number of ether oxygens (including phenoxy) is 2. The number of carbonyl (C=O) groups excluding carboxylic acids is 4. The lowest BCUT2D eigenvalue weighted by atomic mass is 10.0. The molecule has 2 aliphatic rings. The van der Waals surface area contributed by atoms with Gasteiger partial charge in [0.1, 0.15) is 28.5 Å². The van der Waals surface area contributed by atoms with Crippen molar-refractivity contribution in [1.82, 2.24) is 20.2 Å². The summed E-state index contributed by atoms with van der Waals surface area (Å²) in [5.74, 6) is -2.04. The molecule has 4 heterocycles. The van der Waals surface area contributed by atoms with E-state index in [1.807, 2.05) is 6.07 Å². The summed E-state index contributed by atoms with van der Waals surface area (Å²) in [4.78, 5) is 66.0. The van der Waals surface area contributed by atoms with E-state index in [0.29, 0.717) is 0 Å². The first-order valence-electron chi connectivity index (χ1n) is 12.5. The standard InChI is InChI=1S/C26H28N6O7S3/c1-4-9-37-31-19(18-12-40-25(27)29-18)21(34)30-20-22(35)32-13-26(14-41-23(20)32,24(36)39-16(3)38-15(2)33)42-10-7-17-6-5-8-28-11-17/h4-8,10-12,16,20,23H,1,9,13-14H2,2-3H3,(H2,27,29)(H,30,34)/t16?,20?,23-,26?/m1/s1. The molecule has 4 atom stereocenters.